The number of nitrogens with zero attached hydrogens (tertiary/aromatic N) is 1. The van der Waals surface area contributed by atoms with Crippen LogP contribution >= 0.6 is 11.3 Å². The van der Waals surface area contributed by atoms with Crippen LogP contribution in [0.25, 0.3) is 11.3 Å². The zero-order valence-corrected chi connectivity index (χ0v) is 10.9. The van der Waals surface area contributed by atoms with Crippen molar-refractivity contribution in [3.8, 4) is 11.3 Å². The Balaban J connectivity index is 0.00000128. The molecule has 16 heavy (non-hydrogen) atoms. The zero-order chi connectivity index (χ0) is 10.8. The Hall–Kier alpha value is -1.20. The Morgan fingerprint density at radius 2 is 1.94 bits per heavy atom. The molecule has 0 amide bonds. The molecule has 0 aliphatic rings. The van der Waals surface area contributed by atoms with Crippen molar-refractivity contribution in [1.82, 2.24) is 4.98 Å². The Bertz CT molecular complexity index is 493. The monoisotopic (exact) mass is 298 g/mol. The molecule has 0 radical (unpaired) electrons. The van der Waals surface area contributed by atoms with Crippen molar-refractivity contribution in [1.29, 1.82) is 0 Å². The predicted molar refractivity (Wildman–Crippen MR) is 59.2 cm³/mol. The summed E-state index contributed by atoms with van der Waals surface area (Å²) < 4.78 is 0. The largest absolute Gasteiger partial charge is 1.00 e. The third-order valence-corrected chi connectivity index (χ3v) is 2.82. The number of rotatable bonds is 2. The third kappa shape index (κ3) is 2.68. The molecule has 1 aromatic heterocycles. The molecule has 84 valence electrons. The number of thiazole rings is 1. The summed E-state index contributed by atoms with van der Waals surface area (Å²) in [6.07, 6.45) is 0. The van der Waals surface area contributed by atoms with E-state index in [1.807, 2.05) is 12.3 Å². The van der Waals surface area contributed by atoms with Gasteiger partial charge in [0.25, 0.3) is 0 Å². The smallest absolute Gasteiger partial charge is 0.335 e. The predicted octanol–water partition coefficient (Wildman–Crippen LogP) is -0.179. The van der Waals surface area contributed by atoms with Crippen molar-refractivity contribution < 1.29 is 26.9 Å². The van der Waals surface area contributed by atoms with E-state index in [-0.39, 0.29) is 17.0 Å². The topological polar surface area (TPSA) is 50.2 Å². The lowest BCUT2D eigenvalue weighted by atomic mass is 10.1. The van der Waals surface area contributed by atoms with E-state index in [1.165, 1.54) is 0 Å². The SMILES string of the molecule is Cc1nc(-c2ccc(C(=O)O)cc2)cs1.[Br-]. The van der Waals surface area contributed by atoms with Gasteiger partial charge in [0.15, 0.2) is 0 Å². The lowest BCUT2D eigenvalue weighted by Crippen LogP contribution is -3.00. The van der Waals surface area contributed by atoms with Gasteiger partial charge in [0.2, 0.25) is 0 Å². The normalized spacial score (nSPS) is 9.56. The molecule has 1 heterocycles. The average molecular weight is 299 g/mol. The van der Waals surface area contributed by atoms with Crippen LogP contribution in [0.2, 0.25) is 0 Å². The summed E-state index contributed by atoms with van der Waals surface area (Å²) in [5, 5.41) is 11.7. The Kier molecular flexibility index (Phi) is 4.20. The van der Waals surface area contributed by atoms with Crippen molar-refractivity contribution in [2.75, 3.05) is 0 Å². The molecule has 0 saturated carbocycles. The van der Waals surface area contributed by atoms with Crippen LogP contribution in [-0.2, 0) is 0 Å². The van der Waals surface area contributed by atoms with E-state index in [4.69, 9.17) is 5.11 Å². The maximum atomic E-state index is 10.6. The number of carbonyl (C=O) groups is 1. The Morgan fingerprint density at radius 3 is 2.38 bits per heavy atom. The van der Waals surface area contributed by atoms with Crippen LogP contribution in [-0.4, -0.2) is 16.1 Å². The summed E-state index contributed by atoms with van der Waals surface area (Å²) in [5.41, 5.74) is 2.14. The van der Waals surface area contributed by atoms with Crippen LogP contribution in [0.5, 0.6) is 0 Å². The van der Waals surface area contributed by atoms with E-state index in [0.29, 0.717) is 5.56 Å². The van der Waals surface area contributed by atoms with Gasteiger partial charge in [0, 0.05) is 10.9 Å². The van der Waals surface area contributed by atoms with Crippen molar-refractivity contribution >= 4 is 17.3 Å². The van der Waals surface area contributed by atoms with Gasteiger partial charge in [0.05, 0.1) is 16.3 Å². The van der Waals surface area contributed by atoms with Crippen molar-refractivity contribution in [2.24, 2.45) is 0 Å². The summed E-state index contributed by atoms with van der Waals surface area (Å²) in [7, 11) is 0. The first-order valence-electron chi connectivity index (χ1n) is 4.42. The van der Waals surface area contributed by atoms with Gasteiger partial charge in [-0.15, -0.1) is 11.3 Å². The first kappa shape index (κ1) is 12.9. The van der Waals surface area contributed by atoms with Crippen molar-refractivity contribution in [3.63, 3.8) is 0 Å². The van der Waals surface area contributed by atoms with Gasteiger partial charge in [0.1, 0.15) is 0 Å². The molecule has 2 aromatic rings. The van der Waals surface area contributed by atoms with Gasteiger partial charge in [-0.3, -0.25) is 0 Å². The van der Waals surface area contributed by atoms with E-state index in [2.05, 4.69) is 4.98 Å². The fraction of sp³-hybridized carbons (Fsp3) is 0.0909. The molecular formula is C11H9BrNO2S-. The van der Waals surface area contributed by atoms with Crippen LogP contribution < -0.4 is 17.0 Å². The number of hydrogen-bond acceptors (Lipinski definition) is 3. The fourth-order valence-electron chi connectivity index (χ4n) is 1.28. The Morgan fingerprint density at radius 1 is 1.31 bits per heavy atom. The van der Waals surface area contributed by atoms with Gasteiger partial charge in [-0.25, -0.2) is 9.78 Å². The number of aryl methyl sites for hydroxylation is 1. The van der Waals surface area contributed by atoms with Crippen LogP contribution in [0.1, 0.15) is 15.4 Å². The van der Waals surface area contributed by atoms with Crippen LogP contribution in [0.15, 0.2) is 29.6 Å². The second kappa shape index (κ2) is 5.23. The minimum atomic E-state index is -0.906. The summed E-state index contributed by atoms with van der Waals surface area (Å²) in [5.74, 6) is -0.906. The number of halogens is 1. The maximum Gasteiger partial charge on any atom is 0.335 e. The number of carboxylic acid groups (broad SMARTS) is 1. The highest BCUT2D eigenvalue weighted by Gasteiger charge is 2.04. The van der Waals surface area contributed by atoms with E-state index in [0.717, 1.165) is 16.3 Å². The highest BCUT2D eigenvalue weighted by atomic mass is 79.9. The number of aromatic carboxylic acids is 1. The van der Waals surface area contributed by atoms with Crippen molar-refractivity contribution in [3.05, 3.63) is 40.2 Å². The first-order valence-corrected chi connectivity index (χ1v) is 5.30. The molecule has 3 nitrogen and oxygen atoms in total. The molecule has 0 aliphatic heterocycles. The summed E-state index contributed by atoms with van der Waals surface area (Å²) in [6, 6.07) is 6.73. The summed E-state index contributed by atoms with van der Waals surface area (Å²) >= 11 is 1.58. The third-order valence-electron chi connectivity index (χ3n) is 2.05. The van der Waals surface area contributed by atoms with Gasteiger partial charge in [-0.2, -0.15) is 0 Å². The van der Waals surface area contributed by atoms with Crippen LogP contribution in [0, 0.1) is 6.92 Å². The number of hydrogen-bond donors (Lipinski definition) is 1. The van der Waals surface area contributed by atoms with Crippen LogP contribution in [0.3, 0.4) is 0 Å². The molecule has 0 saturated heterocycles. The molecule has 5 heteroatoms. The molecule has 0 spiro atoms. The lowest BCUT2D eigenvalue weighted by Gasteiger charge is -1.97. The molecule has 0 atom stereocenters. The van der Waals surface area contributed by atoms with Gasteiger partial charge in [-0.05, 0) is 19.1 Å². The number of carboxylic acids is 1. The zero-order valence-electron chi connectivity index (χ0n) is 8.48. The average Bonchev–Trinajstić information content (AvgIpc) is 2.65. The molecule has 0 bridgehead atoms. The summed E-state index contributed by atoms with van der Waals surface area (Å²) in [6.45, 7) is 1.94. The highest BCUT2D eigenvalue weighted by Crippen LogP contribution is 2.21. The summed E-state index contributed by atoms with van der Waals surface area (Å²) in [4.78, 5) is 15.0. The number of benzene rings is 1. The quantitative estimate of drug-likeness (QED) is 0.837. The molecule has 1 aromatic carbocycles. The van der Waals surface area contributed by atoms with Gasteiger partial charge in [-0.1, -0.05) is 12.1 Å². The van der Waals surface area contributed by atoms with E-state index >= 15 is 0 Å². The van der Waals surface area contributed by atoms with E-state index in [1.54, 1.807) is 35.6 Å². The molecular weight excluding hydrogens is 290 g/mol. The lowest BCUT2D eigenvalue weighted by molar-refractivity contribution is -0.0000186. The Labute approximate surface area is 108 Å². The maximum absolute atomic E-state index is 10.6. The minimum absolute atomic E-state index is 0. The first-order chi connectivity index (χ1) is 7.16. The van der Waals surface area contributed by atoms with Gasteiger partial charge < -0.3 is 22.1 Å². The van der Waals surface area contributed by atoms with E-state index < -0.39 is 5.97 Å². The molecule has 1 N–H and O–H groups in total. The molecule has 0 unspecified atom stereocenters. The van der Waals surface area contributed by atoms with Crippen LogP contribution in [0.4, 0.5) is 0 Å². The van der Waals surface area contributed by atoms with Crippen molar-refractivity contribution in [2.45, 2.75) is 6.92 Å². The second-order valence-electron chi connectivity index (χ2n) is 3.13. The molecule has 2 rings (SSSR count). The van der Waals surface area contributed by atoms with Gasteiger partial charge >= 0.3 is 5.97 Å². The molecule has 0 fully saturated rings. The molecule has 0 aliphatic carbocycles. The highest BCUT2D eigenvalue weighted by molar-refractivity contribution is 7.09. The minimum Gasteiger partial charge on any atom is -1.00 e. The van der Waals surface area contributed by atoms with E-state index in [9.17, 15) is 4.79 Å². The second-order valence-corrected chi connectivity index (χ2v) is 4.20. The fourth-order valence-corrected chi connectivity index (χ4v) is 1.90. The number of aromatic nitrogens is 1. The standard InChI is InChI=1S/C11H9NO2S.BrH/c1-7-12-10(6-15-7)8-2-4-9(5-3-8)11(13)14;/h2-6H,1H3,(H,13,14);1H/p-1.